The molecule has 0 radical (unpaired) electrons. The van der Waals surface area contributed by atoms with Crippen LogP contribution in [0.15, 0.2) is 18.2 Å². The Hall–Kier alpha value is -0.970. The molecule has 0 aliphatic heterocycles. The topological polar surface area (TPSA) is 64.7 Å². The van der Waals surface area contributed by atoms with E-state index >= 15 is 0 Å². The lowest BCUT2D eigenvalue weighted by atomic mass is 10.1. The smallest absolute Gasteiger partial charge is 0.161 e. The van der Waals surface area contributed by atoms with Crippen molar-refractivity contribution in [1.29, 1.82) is 0 Å². The standard InChI is InChI=1S/C12H18ClNO3/c1-16-11-4-3-9(10(14)8-15)7-12(11)17-6-2-5-13/h3-4,7,10,15H,2,5-6,8,14H2,1H3. The Kier molecular flexibility index (Phi) is 6.11. The van der Waals surface area contributed by atoms with Crippen molar-refractivity contribution >= 4 is 11.6 Å². The summed E-state index contributed by atoms with van der Waals surface area (Å²) in [6.45, 7) is 0.422. The molecular weight excluding hydrogens is 242 g/mol. The van der Waals surface area contributed by atoms with E-state index < -0.39 is 6.04 Å². The van der Waals surface area contributed by atoms with Gasteiger partial charge >= 0.3 is 0 Å². The second-order valence-electron chi connectivity index (χ2n) is 3.59. The molecule has 1 rings (SSSR count). The normalized spacial score (nSPS) is 12.2. The lowest BCUT2D eigenvalue weighted by Gasteiger charge is -2.14. The number of hydrogen-bond donors (Lipinski definition) is 2. The van der Waals surface area contributed by atoms with Crippen LogP contribution >= 0.6 is 11.6 Å². The fourth-order valence-corrected chi connectivity index (χ4v) is 1.49. The number of halogens is 1. The quantitative estimate of drug-likeness (QED) is 0.578. The molecule has 4 nitrogen and oxygen atoms in total. The van der Waals surface area contributed by atoms with Crippen molar-refractivity contribution < 1.29 is 14.6 Å². The molecule has 1 aromatic rings. The zero-order valence-electron chi connectivity index (χ0n) is 9.86. The van der Waals surface area contributed by atoms with Crippen LogP contribution in [-0.4, -0.2) is 31.3 Å². The van der Waals surface area contributed by atoms with Crippen LogP contribution in [-0.2, 0) is 0 Å². The minimum atomic E-state index is -0.406. The third-order valence-electron chi connectivity index (χ3n) is 2.35. The van der Waals surface area contributed by atoms with Gasteiger partial charge in [-0.25, -0.2) is 0 Å². The van der Waals surface area contributed by atoms with E-state index in [0.29, 0.717) is 24.0 Å². The van der Waals surface area contributed by atoms with Crippen LogP contribution in [0.5, 0.6) is 11.5 Å². The summed E-state index contributed by atoms with van der Waals surface area (Å²) < 4.78 is 10.7. The number of methoxy groups -OCH3 is 1. The van der Waals surface area contributed by atoms with Gasteiger partial charge in [-0.1, -0.05) is 6.07 Å². The fraction of sp³-hybridized carbons (Fsp3) is 0.500. The van der Waals surface area contributed by atoms with Gasteiger partial charge < -0.3 is 20.3 Å². The summed E-state index contributed by atoms with van der Waals surface area (Å²) >= 11 is 5.58. The van der Waals surface area contributed by atoms with Crippen LogP contribution in [0.25, 0.3) is 0 Å². The van der Waals surface area contributed by atoms with Crippen molar-refractivity contribution in [1.82, 2.24) is 0 Å². The molecule has 0 heterocycles. The molecule has 0 aromatic heterocycles. The van der Waals surface area contributed by atoms with Crippen LogP contribution in [0.4, 0.5) is 0 Å². The van der Waals surface area contributed by atoms with Gasteiger partial charge in [0.25, 0.3) is 0 Å². The van der Waals surface area contributed by atoms with Gasteiger partial charge in [-0.2, -0.15) is 0 Å². The van der Waals surface area contributed by atoms with Gasteiger partial charge in [0, 0.05) is 5.88 Å². The van der Waals surface area contributed by atoms with Crippen LogP contribution in [0, 0.1) is 0 Å². The summed E-state index contributed by atoms with van der Waals surface area (Å²) in [5.74, 6) is 1.82. The zero-order valence-corrected chi connectivity index (χ0v) is 10.6. The first-order chi connectivity index (χ1) is 8.22. The molecule has 0 amide bonds. The molecule has 0 fully saturated rings. The maximum Gasteiger partial charge on any atom is 0.161 e. The number of benzene rings is 1. The van der Waals surface area contributed by atoms with Crippen molar-refractivity contribution in [3.63, 3.8) is 0 Å². The van der Waals surface area contributed by atoms with Crippen LogP contribution < -0.4 is 15.2 Å². The van der Waals surface area contributed by atoms with E-state index in [2.05, 4.69) is 0 Å². The first kappa shape index (κ1) is 14.1. The number of hydrogen-bond acceptors (Lipinski definition) is 4. The van der Waals surface area contributed by atoms with Crippen molar-refractivity contribution in [2.45, 2.75) is 12.5 Å². The molecule has 1 atom stereocenters. The van der Waals surface area contributed by atoms with Gasteiger partial charge in [0.1, 0.15) is 0 Å². The molecular formula is C12H18ClNO3. The molecule has 0 aliphatic carbocycles. The Morgan fingerprint density at radius 1 is 1.41 bits per heavy atom. The summed E-state index contributed by atoms with van der Waals surface area (Å²) in [5.41, 5.74) is 6.56. The van der Waals surface area contributed by atoms with Crippen molar-refractivity contribution in [2.24, 2.45) is 5.73 Å². The first-order valence-corrected chi connectivity index (χ1v) is 5.99. The maximum absolute atomic E-state index is 9.01. The van der Waals surface area contributed by atoms with Gasteiger partial charge in [-0.15, -0.1) is 11.6 Å². The average molecular weight is 260 g/mol. The highest BCUT2D eigenvalue weighted by Gasteiger charge is 2.10. The number of alkyl halides is 1. The summed E-state index contributed by atoms with van der Waals surface area (Å²) in [6.07, 6.45) is 0.765. The SMILES string of the molecule is COc1ccc(C(N)CO)cc1OCCCCl. The third-order valence-corrected chi connectivity index (χ3v) is 2.62. The Bertz CT molecular complexity index is 347. The second kappa shape index (κ2) is 7.37. The van der Waals surface area contributed by atoms with Crippen LogP contribution in [0.1, 0.15) is 18.0 Å². The molecule has 17 heavy (non-hydrogen) atoms. The molecule has 0 aliphatic rings. The van der Waals surface area contributed by atoms with Gasteiger partial charge in [0.15, 0.2) is 11.5 Å². The van der Waals surface area contributed by atoms with Gasteiger partial charge in [-0.05, 0) is 24.1 Å². The zero-order chi connectivity index (χ0) is 12.7. The van der Waals surface area contributed by atoms with E-state index in [1.165, 1.54) is 0 Å². The summed E-state index contributed by atoms with van der Waals surface area (Å²) in [6, 6.07) is 4.97. The fourth-order valence-electron chi connectivity index (χ4n) is 1.38. The minimum Gasteiger partial charge on any atom is -0.493 e. The van der Waals surface area contributed by atoms with E-state index in [-0.39, 0.29) is 6.61 Å². The molecule has 1 unspecified atom stereocenters. The monoisotopic (exact) mass is 259 g/mol. The van der Waals surface area contributed by atoms with Gasteiger partial charge in [-0.3, -0.25) is 0 Å². The molecule has 0 spiro atoms. The van der Waals surface area contributed by atoms with Crippen LogP contribution in [0.3, 0.4) is 0 Å². The van der Waals surface area contributed by atoms with Crippen molar-refractivity contribution in [3.8, 4) is 11.5 Å². The first-order valence-electron chi connectivity index (χ1n) is 5.46. The Labute approximate surface area is 106 Å². The number of rotatable bonds is 7. The van der Waals surface area contributed by atoms with E-state index in [1.54, 1.807) is 19.2 Å². The Morgan fingerprint density at radius 3 is 2.76 bits per heavy atom. The Morgan fingerprint density at radius 2 is 2.18 bits per heavy atom. The maximum atomic E-state index is 9.01. The Balaban J connectivity index is 2.82. The van der Waals surface area contributed by atoms with E-state index in [1.807, 2.05) is 6.07 Å². The highest BCUT2D eigenvalue weighted by atomic mass is 35.5. The predicted octanol–water partition coefficient (Wildman–Crippen LogP) is 1.69. The van der Waals surface area contributed by atoms with Crippen molar-refractivity contribution in [3.05, 3.63) is 23.8 Å². The lowest BCUT2D eigenvalue weighted by Crippen LogP contribution is -2.14. The van der Waals surface area contributed by atoms with E-state index in [4.69, 9.17) is 31.9 Å². The molecule has 0 bridgehead atoms. The average Bonchev–Trinajstić information content (AvgIpc) is 2.38. The molecule has 96 valence electrons. The van der Waals surface area contributed by atoms with Gasteiger partial charge in [0.05, 0.1) is 26.4 Å². The second-order valence-corrected chi connectivity index (χ2v) is 3.97. The van der Waals surface area contributed by atoms with Crippen LogP contribution in [0.2, 0.25) is 0 Å². The summed E-state index contributed by atoms with van der Waals surface area (Å²) in [7, 11) is 1.58. The molecule has 3 N–H and O–H groups in total. The molecule has 5 heteroatoms. The summed E-state index contributed by atoms with van der Waals surface area (Å²) in [5, 5.41) is 9.01. The van der Waals surface area contributed by atoms with E-state index in [9.17, 15) is 0 Å². The molecule has 0 saturated heterocycles. The highest BCUT2D eigenvalue weighted by Crippen LogP contribution is 2.29. The number of nitrogens with two attached hydrogens (primary N) is 1. The number of aliphatic hydroxyl groups excluding tert-OH is 1. The summed E-state index contributed by atoms with van der Waals surface area (Å²) in [4.78, 5) is 0. The van der Waals surface area contributed by atoms with Crippen molar-refractivity contribution in [2.75, 3.05) is 26.2 Å². The largest absolute Gasteiger partial charge is 0.493 e. The third kappa shape index (κ3) is 4.07. The number of ether oxygens (including phenoxy) is 2. The van der Waals surface area contributed by atoms with Gasteiger partial charge in [0.2, 0.25) is 0 Å². The minimum absolute atomic E-state index is 0.104. The predicted molar refractivity (Wildman–Crippen MR) is 67.8 cm³/mol. The highest BCUT2D eigenvalue weighted by molar-refractivity contribution is 6.17. The lowest BCUT2D eigenvalue weighted by molar-refractivity contribution is 0.266. The number of aliphatic hydroxyl groups is 1. The van der Waals surface area contributed by atoms with E-state index in [0.717, 1.165) is 12.0 Å². The molecule has 1 aromatic carbocycles. The molecule has 0 saturated carbocycles.